The average Bonchev–Trinajstić information content (AvgIpc) is 2.91. The van der Waals surface area contributed by atoms with E-state index < -0.39 is 17.1 Å². The van der Waals surface area contributed by atoms with E-state index in [-0.39, 0.29) is 11.7 Å². The fourth-order valence-corrected chi connectivity index (χ4v) is 3.86. The molecule has 0 aliphatic carbocycles. The maximum Gasteiger partial charge on any atom is 0.416 e. The highest BCUT2D eigenvalue weighted by Crippen LogP contribution is 2.43. The van der Waals surface area contributed by atoms with Gasteiger partial charge in [0.25, 0.3) is 0 Å². The van der Waals surface area contributed by atoms with Gasteiger partial charge >= 0.3 is 6.18 Å². The summed E-state index contributed by atoms with van der Waals surface area (Å²) < 4.78 is 38.9. The van der Waals surface area contributed by atoms with Crippen molar-refractivity contribution in [3.8, 4) is 0 Å². The Morgan fingerprint density at radius 2 is 1.83 bits per heavy atom. The molecule has 1 saturated heterocycles. The minimum absolute atomic E-state index is 0.0920. The van der Waals surface area contributed by atoms with Crippen LogP contribution in [0, 0.1) is 13.8 Å². The summed E-state index contributed by atoms with van der Waals surface area (Å²) >= 11 is 1.34. The molecule has 0 unspecified atom stereocenters. The van der Waals surface area contributed by atoms with Gasteiger partial charge in [-0.15, -0.1) is 11.8 Å². The van der Waals surface area contributed by atoms with Crippen LogP contribution in [-0.2, 0) is 11.0 Å². The first kappa shape index (κ1) is 16.9. The van der Waals surface area contributed by atoms with E-state index in [1.807, 2.05) is 32.0 Å². The first-order valence-electron chi connectivity index (χ1n) is 7.45. The number of thioether (sulfide) groups is 1. The molecule has 0 saturated carbocycles. The number of hydrogen-bond donors (Lipinski definition) is 0. The second-order valence-corrected chi connectivity index (χ2v) is 6.89. The van der Waals surface area contributed by atoms with E-state index in [1.165, 1.54) is 17.8 Å². The van der Waals surface area contributed by atoms with Crippen molar-refractivity contribution in [2.24, 2.45) is 0 Å². The lowest BCUT2D eigenvalue weighted by atomic mass is 10.1. The summed E-state index contributed by atoms with van der Waals surface area (Å²) in [5, 5.41) is -0.443. The number of carbonyl (C=O) groups excluding carboxylic acids is 1. The zero-order valence-electron chi connectivity index (χ0n) is 13.2. The smallest absolute Gasteiger partial charge is 0.295 e. The third kappa shape index (κ3) is 3.15. The van der Waals surface area contributed by atoms with Gasteiger partial charge < -0.3 is 0 Å². The molecular formula is C18H16F3NOS. The van der Waals surface area contributed by atoms with Crippen molar-refractivity contribution in [2.75, 3.05) is 10.7 Å². The van der Waals surface area contributed by atoms with Gasteiger partial charge in [-0.05, 0) is 54.8 Å². The Labute approximate surface area is 142 Å². The van der Waals surface area contributed by atoms with Gasteiger partial charge in [-0.25, -0.2) is 0 Å². The van der Waals surface area contributed by atoms with E-state index in [9.17, 15) is 18.0 Å². The molecule has 24 heavy (non-hydrogen) atoms. The number of benzene rings is 2. The molecule has 3 rings (SSSR count). The number of amides is 1. The van der Waals surface area contributed by atoms with Gasteiger partial charge in [-0.3, -0.25) is 9.69 Å². The molecule has 0 radical (unpaired) electrons. The Bertz CT molecular complexity index is 788. The fraction of sp³-hybridized carbons (Fsp3) is 0.278. The number of carbonyl (C=O) groups is 1. The van der Waals surface area contributed by atoms with Gasteiger partial charge in [0, 0.05) is 5.69 Å². The molecule has 2 aromatic carbocycles. The number of rotatable bonds is 2. The van der Waals surface area contributed by atoms with Crippen LogP contribution in [0.15, 0.2) is 42.5 Å². The van der Waals surface area contributed by atoms with Crippen molar-refractivity contribution in [3.05, 3.63) is 64.7 Å². The van der Waals surface area contributed by atoms with Crippen molar-refractivity contribution in [3.63, 3.8) is 0 Å². The molecular weight excluding hydrogens is 335 g/mol. The molecule has 0 N–H and O–H groups in total. The van der Waals surface area contributed by atoms with Crippen LogP contribution < -0.4 is 4.90 Å². The molecule has 126 valence electrons. The topological polar surface area (TPSA) is 20.3 Å². The predicted molar refractivity (Wildman–Crippen MR) is 90.0 cm³/mol. The second-order valence-electron chi connectivity index (χ2n) is 5.82. The maximum atomic E-state index is 13.0. The second kappa shape index (κ2) is 6.16. The maximum absolute atomic E-state index is 13.0. The summed E-state index contributed by atoms with van der Waals surface area (Å²) in [6.45, 7) is 3.93. The zero-order chi connectivity index (χ0) is 17.5. The van der Waals surface area contributed by atoms with E-state index in [1.54, 1.807) is 11.0 Å². The highest BCUT2D eigenvalue weighted by Gasteiger charge is 2.36. The Kier molecular flexibility index (Phi) is 4.34. The van der Waals surface area contributed by atoms with E-state index >= 15 is 0 Å². The number of nitrogens with zero attached hydrogens (tertiary/aromatic N) is 1. The van der Waals surface area contributed by atoms with E-state index in [0.29, 0.717) is 5.56 Å². The highest BCUT2D eigenvalue weighted by atomic mass is 32.2. The van der Waals surface area contributed by atoms with Crippen LogP contribution in [0.1, 0.15) is 27.6 Å². The van der Waals surface area contributed by atoms with Crippen LogP contribution >= 0.6 is 11.8 Å². The first-order valence-corrected chi connectivity index (χ1v) is 8.50. The molecule has 1 heterocycles. The minimum atomic E-state index is -4.39. The lowest BCUT2D eigenvalue weighted by molar-refractivity contribution is -0.137. The van der Waals surface area contributed by atoms with Gasteiger partial charge in [0.2, 0.25) is 5.91 Å². The van der Waals surface area contributed by atoms with Crippen LogP contribution in [0.2, 0.25) is 0 Å². The summed E-state index contributed by atoms with van der Waals surface area (Å²) in [7, 11) is 0. The Morgan fingerprint density at radius 1 is 1.08 bits per heavy atom. The van der Waals surface area contributed by atoms with Crippen LogP contribution in [0.3, 0.4) is 0 Å². The fourth-order valence-electron chi connectivity index (χ4n) is 2.69. The monoisotopic (exact) mass is 351 g/mol. The lowest BCUT2D eigenvalue weighted by Crippen LogP contribution is -2.28. The van der Waals surface area contributed by atoms with Gasteiger partial charge in [0.15, 0.2) is 0 Å². The molecule has 0 aromatic heterocycles. The molecule has 2 nitrogen and oxygen atoms in total. The minimum Gasteiger partial charge on any atom is -0.295 e. The van der Waals surface area contributed by atoms with E-state index in [4.69, 9.17) is 0 Å². The van der Waals surface area contributed by atoms with Crippen molar-refractivity contribution >= 4 is 23.4 Å². The molecule has 0 spiro atoms. The van der Waals surface area contributed by atoms with Gasteiger partial charge in [-0.2, -0.15) is 13.2 Å². The first-order chi connectivity index (χ1) is 11.3. The summed E-state index contributed by atoms with van der Waals surface area (Å²) in [6, 6.07) is 10.9. The third-order valence-electron chi connectivity index (χ3n) is 4.14. The standard InChI is InChI=1S/C18H16F3NOS/c1-11-6-7-15(8-12(11)2)22-16(23)10-24-17(22)13-4-3-5-14(9-13)18(19,20)21/h3-9,17H,10H2,1-2H3/t17-/m0/s1. The molecule has 1 aliphatic heterocycles. The number of halogens is 3. The summed E-state index contributed by atoms with van der Waals surface area (Å²) in [6.07, 6.45) is -4.39. The summed E-state index contributed by atoms with van der Waals surface area (Å²) in [4.78, 5) is 13.9. The van der Waals surface area contributed by atoms with Crippen molar-refractivity contribution < 1.29 is 18.0 Å². The van der Waals surface area contributed by atoms with Crippen molar-refractivity contribution in [2.45, 2.75) is 25.4 Å². The van der Waals surface area contributed by atoms with Crippen LogP contribution in [0.4, 0.5) is 18.9 Å². The number of hydrogen-bond acceptors (Lipinski definition) is 2. The number of aryl methyl sites for hydroxylation is 2. The predicted octanol–water partition coefficient (Wildman–Crippen LogP) is 5.10. The third-order valence-corrected chi connectivity index (χ3v) is 5.35. The molecule has 1 amide bonds. The van der Waals surface area contributed by atoms with Gasteiger partial charge in [-0.1, -0.05) is 18.2 Å². The molecule has 1 fully saturated rings. The molecule has 6 heteroatoms. The highest BCUT2D eigenvalue weighted by molar-refractivity contribution is 8.00. The Balaban J connectivity index is 2.01. The summed E-state index contributed by atoms with van der Waals surface area (Å²) in [5.74, 6) is 0.166. The Morgan fingerprint density at radius 3 is 2.50 bits per heavy atom. The van der Waals surface area contributed by atoms with E-state index in [2.05, 4.69) is 0 Å². The summed E-state index contributed by atoms with van der Waals surface area (Å²) in [5.41, 5.74) is 2.66. The molecule has 0 bridgehead atoms. The van der Waals surface area contributed by atoms with Gasteiger partial charge in [0.05, 0.1) is 11.3 Å². The van der Waals surface area contributed by atoms with Crippen LogP contribution in [0.5, 0.6) is 0 Å². The number of alkyl halides is 3. The quantitative estimate of drug-likeness (QED) is 0.750. The average molecular weight is 351 g/mol. The molecule has 1 atom stereocenters. The van der Waals surface area contributed by atoms with Gasteiger partial charge in [0.1, 0.15) is 5.37 Å². The number of anilines is 1. The van der Waals surface area contributed by atoms with Crippen LogP contribution in [0.25, 0.3) is 0 Å². The zero-order valence-corrected chi connectivity index (χ0v) is 14.0. The normalized spacial score (nSPS) is 18.3. The molecule has 2 aromatic rings. The van der Waals surface area contributed by atoms with Crippen molar-refractivity contribution in [1.82, 2.24) is 0 Å². The molecule has 1 aliphatic rings. The van der Waals surface area contributed by atoms with Crippen molar-refractivity contribution in [1.29, 1.82) is 0 Å². The lowest BCUT2D eigenvalue weighted by Gasteiger charge is -2.25. The van der Waals surface area contributed by atoms with Crippen LogP contribution in [-0.4, -0.2) is 11.7 Å². The SMILES string of the molecule is Cc1ccc(N2C(=O)CS[C@H]2c2cccc(C(F)(F)F)c2)cc1C. The Hall–Kier alpha value is -1.95. The largest absolute Gasteiger partial charge is 0.416 e. The van der Waals surface area contributed by atoms with E-state index in [0.717, 1.165) is 28.9 Å².